The van der Waals surface area contributed by atoms with Gasteiger partial charge in [0.15, 0.2) is 0 Å². The van der Waals surface area contributed by atoms with E-state index in [9.17, 15) is 4.79 Å². The quantitative estimate of drug-likeness (QED) is 0.867. The average Bonchev–Trinajstić information content (AvgIpc) is 2.64. The summed E-state index contributed by atoms with van der Waals surface area (Å²) in [6, 6.07) is 7.97. The largest absolute Gasteiger partial charge is 0.370 e. The van der Waals surface area contributed by atoms with Crippen molar-refractivity contribution in [1.82, 2.24) is 14.9 Å². The number of benzene rings is 1. The molecule has 0 spiro atoms. The Morgan fingerprint density at radius 2 is 1.81 bits per heavy atom. The molecule has 2 aromatic rings. The Morgan fingerprint density at radius 1 is 1.07 bits per heavy atom. The van der Waals surface area contributed by atoms with Gasteiger partial charge in [0.2, 0.25) is 5.95 Å². The summed E-state index contributed by atoms with van der Waals surface area (Å²) in [5.41, 5.74) is 4.01. The number of amides is 2. The number of aromatic nitrogens is 2. The van der Waals surface area contributed by atoms with E-state index in [1.807, 2.05) is 56.9 Å². The summed E-state index contributed by atoms with van der Waals surface area (Å²) in [4.78, 5) is 25.7. The number of hydrogen-bond donors (Lipinski definition) is 2. The van der Waals surface area contributed by atoms with Crippen LogP contribution in [0.25, 0.3) is 0 Å². The molecule has 0 radical (unpaired) electrons. The van der Waals surface area contributed by atoms with Crippen LogP contribution < -0.4 is 15.5 Å². The SMILES string of the molecule is CCNc1cc(C)nc(N2CCN(C(=O)Nc3cc(C)ccc3C)CC2)n1. The second kappa shape index (κ2) is 8.24. The molecule has 0 atom stereocenters. The van der Waals surface area contributed by atoms with E-state index in [1.54, 1.807) is 0 Å². The number of urea groups is 1. The van der Waals surface area contributed by atoms with E-state index in [2.05, 4.69) is 25.5 Å². The number of aryl methyl sites for hydroxylation is 3. The third kappa shape index (κ3) is 4.67. The van der Waals surface area contributed by atoms with E-state index in [1.165, 1.54) is 0 Å². The molecule has 1 saturated heterocycles. The molecule has 0 aliphatic carbocycles. The van der Waals surface area contributed by atoms with E-state index >= 15 is 0 Å². The molecule has 2 amide bonds. The number of carbonyl (C=O) groups is 1. The fourth-order valence-corrected chi connectivity index (χ4v) is 3.14. The lowest BCUT2D eigenvalue weighted by Gasteiger charge is -2.35. The molecule has 7 heteroatoms. The molecular weight excluding hydrogens is 340 g/mol. The van der Waals surface area contributed by atoms with Gasteiger partial charge in [-0.2, -0.15) is 4.98 Å². The molecular formula is C20H28N6O. The van der Waals surface area contributed by atoms with Crippen molar-refractivity contribution in [1.29, 1.82) is 0 Å². The number of rotatable bonds is 4. The topological polar surface area (TPSA) is 73.4 Å². The predicted molar refractivity (Wildman–Crippen MR) is 110 cm³/mol. The van der Waals surface area contributed by atoms with Crippen LogP contribution in [0.4, 0.5) is 22.2 Å². The fourth-order valence-electron chi connectivity index (χ4n) is 3.14. The smallest absolute Gasteiger partial charge is 0.321 e. The lowest BCUT2D eigenvalue weighted by atomic mass is 10.1. The van der Waals surface area contributed by atoms with Crippen molar-refractivity contribution < 1.29 is 4.79 Å². The molecule has 0 saturated carbocycles. The monoisotopic (exact) mass is 368 g/mol. The van der Waals surface area contributed by atoms with Crippen molar-refractivity contribution in [3.8, 4) is 0 Å². The number of carbonyl (C=O) groups excluding carboxylic acids is 1. The van der Waals surface area contributed by atoms with Crippen molar-refractivity contribution in [2.75, 3.05) is 48.3 Å². The molecule has 27 heavy (non-hydrogen) atoms. The van der Waals surface area contributed by atoms with Crippen LogP contribution in [-0.2, 0) is 0 Å². The highest BCUT2D eigenvalue weighted by atomic mass is 16.2. The number of nitrogens with one attached hydrogen (secondary N) is 2. The summed E-state index contributed by atoms with van der Waals surface area (Å²) in [6.07, 6.45) is 0. The summed E-state index contributed by atoms with van der Waals surface area (Å²) in [6.45, 7) is 11.6. The normalized spacial score (nSPS) is 14.2. The van der Waals surface area contributed by atoms with Crippen molar-refractivity contribution in [2.24, 2.45) is 0 Å². The lowest BCUT2D eigenvalue weighted by molar-refractivity contribution is 0.208. The van der Waals surface area contributed by atoms with E-state index in [4.69, 9.17) is 0 Å². The van der Waals surface area contributed by atoms with Crippen LogP contribution in [-0.4, -0.2) is 53.6 Å². The van der Waals surface area contributed by atoms with Gasteiger partial charge in [-0.3, -0.25) is 0 Å². The van der Waals surface area contributed by atoms with Gasteiger partial charge in [0, 0.05) is 50.2 Å². The fraction of sp³-hybridized carbons (Fsp3) is 0.450. The number of piperazine rings is 1. The van der Waals surface area contributed by atoms with Crippen molar-refractivity contribution in [3.05, 3.63) is 41.1 Å². The third-order valence-corrected chi connectivity index (χ3v) is 4.68. The Hall–Kier alpha value is -2.83. The van der Waals surface area contributed by atoms with Crippen molar-refractivity contribution in [3.63, 3.8) is 0 Å². The summed E-state index contributed by atoms with van der Waals surface area (Å²) in [5, 5.41) is 6.28. The Kier molecular flexibility index (Phi) is 5.78. The Labute approximate surface area is 160 Å². The third-order valence-electron chi connectivity index (χ3n) is 4.68. The van der Waals surface area contributed by atoms with Gasteiger partial charge in [0.1, 0.15) is 5.82 Å². The van der Waals surface area contributed by atoms with Crippen molar-refractivity contribution >= 4 is 23.5 Å². The second-order valence-corrected chi connectivity index (χ2v) is 6.95. The summed E-state index contributed by atoms with van der Waals surface area (Å²) in [7, 11) is 0. The molecule has 2 N–H and O–H groups in total. The molecule has 0 bridgehead atoms. The van der Waals surface area contributed by atoms with Gasteiger partial charge in [0.25, 0.3) is 0 Å². The highest BCUT2D eigenvalue weighted by Crippen LogP contribution is 2.19. The molecule has 1 aromatic heterocycles. The van der Waals surface area contributed by atoms with Gasteiger partial charge in [-0.25, -0.2) is 9.78 Å². The Balaban J connectivity index is 1.61. The molecule has 144 valence electrons. The number of anilines is 3. The van der Waals surface area contributed by atoms with Crippen molar-refractivity contribution in [2.45, 2.75) is 27.7 Å². The summed E-state index contributed by atoms with van der Waals surface area (Å²) >= 11 is 0. The second-order valence-electron chi connectivity index (χ2n) is 6.95. The molecule has 1 aliphatic heterocycles. The molecule has 7 nitrogen and oxygen atoms in total. The average molecular weight is 368 g/mol. The van der Waals surface area contributed by atoms with E-state index < -0.39 is 0 Å². The maximum absolute atomic E-state index is 12.6. The van der Waals surface area contributed by atoms with Gasteiger partial charge < -0.3 is 20.4 Å². The van der Waals surface area contributed by atoms with E-state index in [0.29, 0.717) is 13.1 Å². The lowest BCUT2D eigenvalue weighted by Crippen LogP contribution is -2.50. The molecule has 1 aromatic carbocycles. The highest BCUT2D eigenvalue weighted by molar-refractivity contribution is 5.90. The zero-order valence-electron chi connectivity index (χ0n) is 16.5. The van der Waals surface area contributed by atoms with Crippen LogP contribution in [0, 0.1) is 20.8 Å². The van der Waals surface area contributed by atoms with Crippen LogP contribution in [0.5, 0.6) is 0 Å². The minimum atomic E-state index is -0.0538. The first-order valence-corrected chi connectivity index (χ1v) is 9.44. The molecule has 1 fully saturated rings. The first-order valence-electron chi connectivity index (χ1n) is 9.44. The predicted octanol–water partition coefficient (Wildman–Crippen LogP) is 3.19. The van der Waals surface area contributed by atoms with Crippen LogP contribution in [0.1, 0.15) is 23.7 Å². The first-order chi connectivity index (χ1) is 13.0. The Bertz CT molecular complexity index is 814. The van der Waals surface area contributed by atoms with Gasteiger partial charge in [-0.15, -0.1) is 0 Å². The van der Waals surface area contributed by atoms with Crippen LogP contribution in [0.15, 0.2) is 24.3 Å². The van der Waals surface area contributed by atoms with Gasteiger partial charge in [-0.05, 0) is 44.9 Å². The maximum atomic E-state index is 12.6. The molecule has 3 rings (SSSR count). The minimum Gasteiger partial charge on any atom is -0.370 e. The van der Waals surface area contributed by atoms with Gasteiger partial charge in [-0.1, -0.05) is 12.1 Å². The van der Waals surface area contributed by atoms with Gasteiger partial charge >= 0.3 is 6.03 Å². The van der Waals surface area contributed by atoms with E-state index in [0.717, 1.165) is 53.9 Å². The molecule has 0 unspecified atom stereocenters. The van der Waals surface area contributed by atoms with Crippen LogP contribution >= 0.6 is 0 Å². The molecule has 2 heterocycles. The zero-order chi connectivity index (χ0) is 19.4. The number of nitrogens with zero attached hydrogens (tertiary/aromatic N) is 4. The van der Waals surface area contributed by atoms with E-state index in [-0.39, 0.29) is 6.03 Å². The zero-order valence-corrected chi connectivity index (χ0v) is 16.5. The first kappa shape index (κ1) is 18.9. The molecule has 1 aliphatic rings. The summed E-state index contributed by atoms with van der Waals surface area (Å²) < 4.78 is 0. The standard InChI is InChI=1S/C20H28N6O/c1-5-21-18-13-16(4)22-19(24-18)25-8-10-26(11-9-25)20(27)23-17-12-14(2)6-7-15(17)3/h6-7,12-13H,5,8-11H2,1-4H3,(H,23,27)(H,21,22,24). The van der Waals surface area contributed by atoms with Crippen LogP contribution in [0.2, 0.25) is 0 Å². The van der Waals surface area contributed by atoms with Crippen LogP contribution in [0.3, 0.4) is 0 Å². The Morgan fingerprint density at radius 3 is 2.52 bits per heavy atom. The maximum Gasteiger partial charge on any atom is 0.321 e. The summed E-state index contributed by atoms with van der Waals surface area (Å²) in [5.74, 6) is 1.57. The van der Waals surface area contributed by atoms with Gasteiger partial charge in [0.05, 0.1) is 0 Å². The number of hydrogen-bond acceptors (Lipinski definition) is 5. The highest BCUT2D eigenvalue weighted by Gasteiger charge is 2.23. The minimum absolute atomic E-state index is 0.0538.